The van der Waals surface area contributed by atoms with Crippen LogP contribution < -0.4 is 5.32 Å². The molecule has 5 heteroatoms. The first-order valence-corrected chi connectivity index (χ1v) is 6.50. The molecule has 102 valence electrons. The highest BCUT2D eigenvalue weighted by Gasteiger charge is 2.07. The minimum atomic E-state index is -0.316. The second-order valence-corrected chi connectivity index (χ2v) is 4.82. The molecule has 0 aromatic heterocycles. The summed E-state index contributed by atoms with van der Waals surface area (Å²) in [4.78, 5) is 11.9. The average Bonchev–Trinajstić information content (AvgIpc) is 2.41. The Balaban J connectivity index is 2.04. The van der Waals surface area contributed by atoms with Gasteiger partial charge in [0.05, 0.1) is 5.02 Å². The zero-order valence-electron chi connectivity index (χ0n) is 10.2. The first-order valence-electron chi connectivity index (χ1n) is 5.74. The topological polar surface area (TPSA) is 29.1 Å². The molecule has 0 bridgehead atoms. The van der Waals surface area contributed by atoms with Gasteiger partial charge in [0.1, 0.15) is 5.82 Å². The Labute approximate surface area is 125 Å². The lowest BCUT2D eigenvalue weighted by atomic mass is 10.1. The van der Waals surface area contributed by atoms with E-state index < -0.39 is 0 Å². The van der Waals surface area contributed by atoms with Crippen molar-refractivity contribution in [2.24, 2.45) is 0 Å². The molecular formula is C15H10Cl2FNO. The van der Waals surface area contributed by atoms with Crippen molar-refractivity contribution >= 4 is 34.7 Å². The molecule has 20 heavy (non-hydrogen) atoms. The summed E-state index contributed by atoms with van der Waals surface area (Å²) in [5, 5.41) is 3.64. The van der Waals surface area contributed by atoms with Gasteiger partial charge in [-0.3, -0.25) is 4.79 Å². The van der Waals surface area contributed by atoms with Crippen molar-refractivity contribution in [2.75, 3.05) is 5.32 Å². The summed E-state index contributed by atoms with van der Waals surface area (Å²) >= 11 is 11.7. The Morgan fingerprint density at radius 2 is 1.80 bits per heavy atom. The van der Waals surface area contributed by atoms with E-state index in [1.807, 2.05) is 0 Å². The Morgan fingerprint density at radius 3 is 2.45 bits per heavy atom. The van der Waals surface area contributed by atoms with Crippen LogP contribution in [0.2, 0.25) is 10.0 Å². The average molecular weight is 310 g/mol. The maximum Gasteiger partial charge on any atom is 0.188 e. The lowest BCUT2D eigenvalue weighted by molar-refractivity contribution is 0.104. The van der Waals surface area contributed by atoms with Crippen LogP contribution in [0.25, 0.3) is 0 Å². The van der Waals surface area contributed by atoms with Gasteiger partial charge in [-0.15, -0.1) is 0 Å². The van der Waals surface area contributed by atoms with Crippen molar-refractivity contribution < 1.29 is 9.18 Å². The van der Waals surface area contributed by atoms with Crippen molar-refractivity contribution in [1.82, 2.24) is 0 Å². The van der Waals surface area contributed by atoms with Crippen LogP contribution in [0.5, 0.6) is 0 Å². The third-order valence-corrected chi connectivity index (χ3v) is 3.07. The van der Waals surface area contributed by atoms with E-state index >= 15 is 0 Å². The number of allylic oxidation sites excluding steroid dienone is 1. The predicted molar refractivity (Wildman–Crippen MR) is 80.0 cm³/mol. The van der Waals surface area contributed by atoms with Crippen molar-refractivity contribution in [3.8, 4) is 0 Å². The summed E-state index contributed by atoms with van der Waals surface area (Å²) in [6.45, 7) is 0. The highest BCUT2D eigenvalue weighted by molar-refractivity contribution is 6.37. The van der Waals surface area contributed by atoms with Crippen LogP contribution >= 0.6 is 23.2 Å². The lowest BCUT2D eigenvalue weighted by Crippen LogP contribution is -1.97. The second-order valence-electron chi connectivity index (χ2n) is 3.97. The van der Waals surface area contributed by atoms with Gasteiger partial charge in [0.15, 0.2) is 5.78 Å². The highest BCUT2D eigenvalue weighted by Crippen LogP contribution is 2.21. The SMILES string of the molecule is O=C(/C=C/Nc1ccc(F)cc1)c1ccc(Cl)cc1Cl. The van der Waals surface area contributed by atoms with E-state index in [0.717, 1.165) is 0 Å². The lowest BCUT2D eigenvalue weighted by Gasteiger charge is -2.01. The van der Waals surface area contributed by atoms with Crippen LogP contribution in [0.3, 0.4) is 0 Å². The van der Waals surface area contributed by atoms with Crippen molar-refractivity contribution in [2.45, 2.75) is 0 Å². The van der Waals surface area contributed by atoms with Crippen molar-refractivity contribution in [1.29, 1.82) is 0 Å². The standard InChI is InChI=1S/C15H10Cl2FNO/c16-10-1-6-13(14(17)9-10)15(20)7-8-19-12-4-2-11(18)3-5-12/h1-9,19H/b8-7+. The quantitative estimate of drug-likeness (QED) is 0.640. The van der Waals surface area contributed by atoms with Gasteiger partial charge in [-0.05, 0) is 42.5 Å². The van der Waals surface area contributed by atoms with Crippen LogP contribution in [0.4, 0.5) is 10.1 Å². The van der Waals surface area contributed by atoms with E-state index in [-0.39, 0.29) is 11.6 Å². The van der Waals surface area contributed by atoms with E-state index in [1.165, 1.54) is 30.5 Å². The summed E-state index contributed by atoms with van der Waals surface area (Å²) < 4.78 is 12.7. The first-order chi connectivity index (χ1) is 9.56. The Morgan fingerprint density at radius 1 is 1.10 bits per heavy atom. The number of nitrogens with one attached hydrogen (secondary N) is 1. The van der Waals surface area contributed by atoms with Gasteiger partial charge in [-0.25, -0.2) is 4.39 Å². The van der Waals surface area contributed by atoms with Crippen LogP contribution in [0, 0.1) is 5.82 Å². The number of hydrogen-bond acceptors (Lipinski definition) is 2. The molecule has 0 unspecified atom stereocenters. The van der Waals surface area contributed by atoms with Gasteiger partial charge in [-0.1, -0.05) is 23.2 Å². The minimum absolute atomic E-state index is 0.249. The third-order valence-electron chi connectivity index (χ3n) is 2.53. The summed E-state index contributed by atoms with van der Waals surface area (Å²) in [7, 11) is 0. The van der Waals surface area contributed by atoms with Gasteiger partial charge in [-0.2, -0.15) is 0 Å². The van der Waals surface area contributed by atoms with Gasteiger partial charge in [0.25, 0.3) is 0 Å². The fraction of sp³-hybridized carbons (Fsp3) is 0. The molecule has 0 fully saturated rings. The molecule has 0 heterocycles. The zero-order valence-corrected chi connectivity index (χ0v) is 11.8. The number of anilines is 1. The van der Waals surface area contributed by atoms with Crippen LogP contribution in [0.1, 0.15) is 10.4 Å². The highest BCUT2D eigenvalue weighted by atomic mass is 35.5. The molecule has 2 aromatic rings. The van der Waals surface area contributed by atoms with E-state index in [1.54, 1.807) is 24.3 Å². The Kier molecular flexibility index (Phi) is 4.77. The smallest absolute Gasteiger partial charge is 0.188 e. The fourth-order valence-corrected chi connectivity index (χ4v) is 2.04. The molecule has 0 atom stereocenters. The largest absolute Gasteiger partial charge is 0.362 e. The van der Waals surface area contributed by atoms with Crippen molar-refractivity contribution in [3.63, 3.8) is 0 Å². The maximum absolute atomic E-state index is 12.7. The molecule has 2 rings (SSSR count). The first kappa shape index (κ1) is 14.6. The maximum atomic E-state index is 12.7. The number of hydrogen-bond donors (Lipinski definition) is 1. The van der Waals surface area contributed by atoms with Gasteiger partial charge in [0, 0.05) is 28.5 Å². The number of rotatable bonds is 4. The molecule has 0 saturated carbocycles. The van der Waals surface area contributed by atoms with Crippen LogP contribution in [-0.4, -0.2) is 5.78 Å². The second kappa shape index (κ2) is 6.55. The molecule has 0 aliphatic carbocycles. The number of carbonyl (C=O) groups is 1. The third kappa shape index (κ3) is 3.83. The van der Waals surface area contributed by atoms with Gasteiger partial charge in [0.2, 0.25) is 0 Å². The minimum Gasteiger partial charge on any atom is -0.362 e. The molecule has 0 spiro atoms. The van der Waals surface area contributed by atoms with Crippen LogP contribution in [0.15, 0.2) is 54.7 Å². The normalized spacial score (nSPS) is 10.8. The summed E-state index contributed by atoms with van der Waals surface area (Å²) in [6.07, 6.45) is 2.82. The monoisotopic (exact) mass is 309 g/mol. The molecule has 0 radical (unpaired) electrons. The molecule has 0 saturated heterocycles. The summed E-state index contributed by atoms with van der Waals surface area (Å²) in [5.41, 5.74) is 1.05. The summed E-state index contributed by atoms with van der Waals surface area (Å²) in [5.74, 6) is -0.565. The molecule has 0 amide bonds. The Hall–Kier alpha value is -1.84. The molecule has 2 aromatic carbocycles. The molecule has 0 aliphatic rings. The number of carbonyl (C=O) groups excluding carboxylic acids is 1. The molecule has 1 N–H and O–H groups in total. The number of benzene rings is 2. The van der Waals surface area contributed by atoms with E-state index in [4.69, 9.17) is 23.2 Å². The number of halogens is 3. The van der Waals surface area contributed by atoms with E-state index in [2.05, 4.69) is 5.32 Å². The summed E-state index contributed by atoms with van der Waals surface area (Å²) in [6, 6.07) is 10.5. The van der Waals surface area contributed by atoms with Gasteiger partial charge < -0.3 is 5.32 Å². The molecule has 2 nitrogen and oxygen atoms in total. The molecular weight excluding hydrogens is 300 g/mol. The van der Waals surface area contributed by atoms with Crippen molar-refractivity contribution in [3.05, 3.63) is 76.2 Å². The van der Waals surface area contributed by atoms with Gasteiger partial charge >= 0.3 is 0 Å². The van der Waals surface area contributed by atoms with Crippen LogP contribution in [-0.2, 0) is 0 Å². The zero-order chi connectivity index (χ0) is 14.5. The van der Waals surface area contributed by atoms with E-state index in [9.17, 15) is 9.18 Å². The predicted octanol–water partition coefficient (Wildman–Crippen LogP) is 4.94. The number of ketones is 1. The Bertz CT molecular complexity index is 653. The van der Waals surface area contributed by atoms with E-state index in [0.29, 0.717) is 21.3 Å². The fourth-order valence-electron chi connectivity index (χ4n) is 1.54. The molecule has 0 aliphatic heterocycles.